The van der Waals surface area contributed by atoms with E-state index in [1.54, 1.807) is 6.92 Å². The Kier molecular flexibility index (Phi) is 4.55. The lowest BCUT2D eigenvalue weighted by molar-refractivity contribution is -0.193. The van der Waals surface area contributed by atoms with Crippen LogP contribution in [-0.2, 0) is 19.1 Å². The van der Waals surface area contributed by atoms with E-state index < -0.39 is 0 Å². The number of fused-ring (bicyclic) bond motifs is 5. The molecular formula is C23H34O4. The summed E-state index contributed by atoms with van der Waals surface area (Å²) in [5.41, 5.74) is 0.0212. The fraction of sp³-hybridized carbons (Fsp3) is 0.870. The number of ketones is 2. The van der Waals surface area contributed by atoms with E-state index in [-0.39, 0.29) is 28.8 Å². The molecule has 4 saturated carbocycles. The normalized spacial score (nSPS) is 49.0. The first-order valence-electron chi connectivity index (χ1n) is 10.9. The van der Waals surface area contributed by atoms with E-state index in [1.165, 1.54) is 6.92 Å². The van der Waals surface area contributed by atoms with Gasteiger partial charge in [0.1, 0.15) is 17.7 Å². The fourth-order valence-electron chi connectivity index (χ4n) is 8.12. The van der Waals surface area contributed by atoms with Crippen molar-refractivity contribution < 1.29 is 19.1 Å². The van der Waals surface area contributed by atoms with Crippen molar-refractivity contribution in [2.24, 2.45) is 40.4 Å². The van der Waals surface area contributed by atoms with Crippen LogP contribution < -0.4 is 0 Å². The predicted octanol–water partition coefficient (Wildman–Crippen LogP) is 4.35. The second-order valence-electron chi connectivity index (χ2n) is 10.4. The molecule has 27 heavy (non-hydrogen) atoms. The maximum atomic E-state index is 12.4. The van der Waals surface area contributed by atoms with Gasteiger partial charge in [-0.3, -0.25) is 14.4 Å². The molecule has 150 valence electrons. The van der Waals surface area contributed by atoms with Crippen LogP contribution in [0.15, 0.2) is 0 Å². The highest BCUT2D eigenvalue weighted by atomic mass is 16.5. The van der Waals surface area contributed by atoms with Crippen molar-refractivity contribution in [3.8, 4) is 0 Å². The molecule has 0 aromatic heterocycles. The minimum absolute atomic E-state index is 0.0548. The molecule has 0 aliphatic heterocycles. The number of rotatable bonds is 2. The molecule has 0 radical (unpaired) electrons. The Hall–Kier alpha value is -1.19. The molecule has 4 nitrogen and oxygen atoms in total. The van der Waals surface area contributed by atoms with E-state index in [0.29, 0.717) is 48.1 Å². The van der Waals surface area contributed by atoms with E-state index >= 15 is 0 Å². The van der Waals surface area contributed by atoms with Crippen LogP contribution in [-0.4, -0.2) is 23.6 Å². The van der Waals surface area contributed by atoms with Gasteiger partial charge in [0.25, 0.3) is 0 Å². The van der Waals surface area contributed by atoms with Crippen molar-refractivity contribution >= 4 is 17.5 Å². The molecule has 8 atom stereocenters. The van der Waals surface area contributed by atoms with E-state index in [1.807, 2.05) is 0 Å². The van der Waals surface area contributed by atoms with Crippen molar-refractivity contribution in [2.75, 3.05) is 0 Å². The Balaban J connectivity index is 1.73. The van der Waals surface area contributed by atoms with Crippen LogP contribution in [0.2, 0.25) is 0 Å². The topological polar surface area (TPSA) is 60.4 Å². The number of carbonyl (C=O) groups is 3. The summed E-state index contributed by atoms with van der Waals surface area (Å²) in [5, 5.41) is 0. The molecule has 0 aromatic carbocycles. The van der Waals surface area contributed by atoms with E-state index in [0.717, 1.165) is 38.5 Å². The van der Waals surface area contributed by atoms with E-state index in [2.05, 4.69) is 13.8 Å². The summed E-state index contributed by atoms with van der Waals surface area (Å²) in [4.78, 5) is 36.5. The summed E-state index contributed by atoms with van der Waals surface area (Å²) in [6.07, 6.45) is 7.29. The van der Waals surface area contributed by atoms with Gasteiger partial charge in [0, 0.05) is 31.6 Å². The zero-order valence-electron chi connectivity index (χ0n) is 17.3. The number of Topliss-reactive ketones (excluding diaryl/α,β-unsaturated/α-hetero) is 2. The summed E-state index contributed by atoms with van der Waals surface area (Å²) >= 11 is 0. The summed E-state index contributed by atoms with van der Waals surface area (Å²) in [7, 11) is 0. The van der Waals surface area contributed by atoms with Crippen LogP contribution in [0, 0.1) is 40.4 Å². The molecule has 4 rings (SSSR count). The second-order valence-corrected chi connectivity index (χ2v) is 10.4. The monoisotopic (exact) mass is 374 g/mol. The van der Waals surface area contributed by atoms with Crippen molar-refractivity contribution in [2.45, 2.75) is 85.2 Å². The minimum atomic E-state index is -0.212. The maximum absolute atomic E-state index is 12.4. The van der Waals surface area contributed by atoms with Crippen LogP contribution in [0.4, 0.5) is 0 Å². The molecule has 0 spiro atoms. The lowest BCUT2D eigenvalue weighted by atomic mass is 9.44. The molecule has 0 saturated heterocycles. The third-order valence-electron chi connectivity index (χ3n) is 9.20. The molecule has 4 fully saturated rings. The molecule has 0 bridgehead atoms. The van der Waals surface area contributed by atoms with Gasteiger partial charge < -0.3 is 4.74 Å². The highest BCUT2D eigenvalue weighted by Gasteiger charge is 2.64. The zero-order chi connectivity index (χ0) is 19.6. The first-order valence-corrected chi connectivity index (χ1v) is 10.9. The third-order valence-corrected chi connectivity index (χ3v) is 9.20. The second kappa shape index (κ2) is 6.42. The van der Waals surface area contributed by atoms with Crippen LogP contribution in [0.5, 0.6) is 0 Å². The summed E-state index contributed by atoms with van der Waals surface area (Å²) in [5.74, 6) is 2.38. The highest BCUT2D eigenvalue weighted by Crippen LogP contribution is 2.67. The zero-order valence-corrected chi connectivity index (χ0v) is 17.3. The molecule has 0 N–H and O–H groups in total. The molecule has 4 heteroatoms. The van der Waals surface area contributed by atoms with Gasteiger partial charge >= 0.3 is 5.97 Å². The molecule has 0 heterocycles. The summed E-state index contributed by atoms with van der Waals surface area (Å²) < 4.78 is 5.97. The van der Waals surface area contributed by atoms with Crippen molar-refractivity contribution in [3.63, 3.8) is 0 Å². The first kappa shape index (κ1) is 19.1. The minimum Gasteiger partial charge on any atom is -0.462 e. The SMILES string of the molecule is CC(=O)O[C@@H]1C[C@@]2(C)[C@H](CC[C@H]2C(C)=O)[C@H]2CC[C@@H]3CC(=O)CC[C@]3(C)[C@@H]21. The maximum Gasteiger partial charge on any atom is 0.302 e. The van der Waals surface area contributed by atoms with Crippen molar-refractivity contribution in [3.05, 3.63) is 0 Å². The van der Waals surface area contributed by atoms with Crippen LogP contribution in [0.3, 0.4) is 0 Å². The molecular weight excluding hydrogens is 340 g/mol. The van der Waals surface area contributed by atoms with Gasteiger partial charge in [-0.05, 0) is 74.0 Å². The Morgan fingerprint density at radius 3 is 2.44 bits per heavy atom. The number of ether oxygens (including phenoxy) is 1. The highest BCUT2D eigenvalue weighted by molar-refractivity contribution is 5.80. The summed E-state index contributed by atoms with van der Waals surface area (Å²) in [6, 6.07) is 0. The molecule has 0 amide bonds. The molecule has 4 aliphatic carbocycles. The molecule has 0 aromatic rings. The Bertz CT molecular complexity index is 669. The van der Waals surface area contributed by atoms with Gasteiger partial charge in [-0.1, -0.05) is 13.8 Å². The largest absolute Gasteiger partial charge is 0.462 e. The lowest BCUT2D eigenvalue weighted by Crippen LogP contribution is -2.60. The van der Waals surface area contributed by atoms with Crippen LogP contribution in [0.1, 0.15) is 79.1 Å². The van der Waals surface area contributed by atoms with Crippen LogP contribution >= 0.6 is 0 Å². The smallest absolute Gasteiger partial charge is 0.302 e. The van der Waals surface area contributed by atoms with E-state index in [9.17, 15) is 14.4 Å². The van der Waals surface area contributed by atoms with Gasteiger partial charge in [-0.25, -0.2) is 0 Å². The quantitative estimate of drug-likeness (QED) is 0.675. The number of hydrogen-bond donors (Lipinski definition) is 0. The Morgan fingerprint density at radius 1 is 1.04 bits per heavy atom. The average molecular weight is 375 g/mol. The molecule has 4 aliphatic rings. The molecule has 0 unspecified atom stereocenters. The Morgan fingerprint density at radius 2 is 1.78 bits per heavy atom. The van der Waals surface area contributed by atoms with Gasteiger partial charge in [-0.2, -0.15) is 0 Å². The van der Waals surface area contributed by atoms with E-state index in [4.69, 9.17) is 4.74 Å². The average Bonchev–Trinajstić information content (AvgIpc) is 2.91. The number of esters is 1. The third kappa shape index (κ3) is 2.81. The van der Waals surface area contributed by atoms with Crippen LogP contribution in [0.25, 0.3) is 0 Å². The van der Waals surface area contributed by atoms with Gasteiger partial charge in [0.2, 0.25) is 0 Å². The fourth-order valence-corrected chi connectivity index (χ4v) is 8.12. The number of carbonyl (C=O) groups excluding carboxylic acids is 3. The van der Waals surface area contributed by atoms with Gasteiger partial charge in [0.05, 0.1) is 0 Å². The standard InChI is InChI=1S/C23H34O4/c1-13(24)18-7-8-19-17-6-5-15-11-16(26)9-10-22(15,3)21(17)20(27-14(2)25)12-23(18,19)4/h15,17-21H,5-12H2,1-4H3/t15-,17-,18+,19-,20-,21+,22+,23-/m1/s1. The lowest BCUT2D eigenvalue weighted by Gasteiger charge is -2.62. The predicted molar refractivity (Wildman–Crippen MR) is 102 cm³/mol. The Labute approximate surface area is 162 Å². The summed E-state index contributed by atoms with van der Waals surface area (Å²) in [6.45, 7) is 7.88. The van der Waals surface area contributed by atoms with Gasteiger partial charge in [0.15, 0.2) is 0 Å². The van der Waals surface area contributed by atoms with Gasteiger partial charge in [-0.15, -0.1) is 0 Å². The number of hydrogen-bond acceptors (Lipinski definition) is 4. The first-order chi connectivity index (χ1) is 12.7. The van der Waals surface area contributed by atoms with Crippen molar-refractivity contribution in [1.29, 1.82) is 0 Å². The van der Waals surface area contributed by atoms with Crippen molar-refractivity contribution in [1.82, 2.24) is 0 Å².